The number of phenolic OH excluding ortho intramolecular Hbond substituents is 1. The summed E-state index contributed by atoms with van der Waals surface area (Å²) in [5, 5.41) is 55.2. The van der Waals surface area contributed by atoms with Crippen LogP contribution < -0.4 is 54.4 Å². The lowest BCUT2D eigenvalue weighted by Gasteiger charge is -2.27. The van der Waals surface area contributed by atoms with E-state index in [-0.39, 0.29) is 30.9 Å². The highest BCUT2D eigenvalue weighted by molar-refractivity contribution is 5.99. The maximum Gasteiger partial charge on any atom is 0.326 e. The molecule has 0 aliphatic carbocycles. The van der Waals surface area contributed by atoms with Crippen molar-refractivity contribution >= 4 is 65.1 Å². The number of carboxylic acid groups (broad SMARTS) is 2. The molecule has 17 N–H and O–H groups in total. The van der Waals surface area contributed by atoms with E-state index >= 15 is 0 Å². The minimum Gasteiger partial charge on any atom is -0.508 e. The molecule has 0 saturated carbocycles. The topological polar surface area (TPSA) is 431 Å². The SMILES string of the molecule is CC(C)C[C@H](NC(=O)[C@H](Cc1ccc(O)cc1)NC(=O)[C@H](CC(N)=O)NC(=O)[C@H](C)NC(=O)[C@H](C[C@@H](C)O)NC(=O)[C@H](CC(N)=O)NC(=O)[C@H](CCC(=O)O)NC(=O)[C@@H](N)Cc1ccccc1)C(=O)O. The van der Waals surface area contributed by atoms with Crippen molar-refractivity contribution in [3.05, 3.63) is 65.7 Å². The number of nitrogens with one attached hydrogen (secondary N) is 7. The van der Waals surface area contributed by atoms with Gasteiger partial charge in [-0.15, -0.1) is 0 Å². The Hall–Kier alpha value is -7.67. The van der Waals surface area contributed by atoms with Crippen LogP contribution in [0.2, 0.25) is 0 Å². The molecule has 0 aliphatic heterocycles. The number of rotatable bonds is 30. The number of nitrogens with two attached hydrogens (primary N) is 3. The second-order valence-electron chi connectivity index (χ2n) is 17.1. The number of amides is 9. The van der Waals surface area contributed by atoms with Crippen LogP contribution in [0, 0.1) is 5.92 Å². The van der Waals surface area contributed by atoms with Crippen molar-refractivity contribution in [3.8, 4) is 5.75 Å². The number of primary amides is 2. The zero-order valence-corrected chi connectivity index (χ0v) is 39.1. The number of carbonyl (C=O) groups is 11. The van der Waals surface area contributed by atoms with Gasteiger partial charge in [-0.05, 0) is 62.3 Å². The van der Waals surface area contributed by atoms with Crippen LogP contribution in [0.25, 0.3) is 0 Å². The fourth-order valence-corrected chi connectivity index (χ4v) is 6.71. The number of carbonyl (C=O) groups excluding carboxylic acids is 9. The zero-order valence-electron chi connectivity index (χ0n) is 39.1. The minimum absolute atomic E-state index is 0.0286. The number of hydrogen-bond donors (Lipinski definition) is 14. The van der Waals surface area contributed by atoms with Crippen molar-refractivity contribution in [1.82, 2.24) is 37.2 Å². The number of aliphatic carboxylic acids is 2. The van der Waals surface area contributed by atoms with Crippen LogP contribution in [0.1, 0.15) is 77.3 Å². The highest BCUT2D eigenvalue weighted by Gasteiger charge is 2.35. The third-order valence-electron chi connectivity index (χ3n) is 10.3. The number of aliphatic hydroxyl groups is 1. The van der Waals surface area contributed by atoms with E-state index in [9.17, 15) is 73.2 Å². The van der Waals surface area contributed by atoms with Crippen molar-refractivity contribution in [3.63, 3.8) is 0 Å². The predicted molar refractivity (Wildman–Crippen MR) is 247 cm³/mol. The standard InChI is InChI=1S/C45H64N10O15/c1-22(2)16-34(45(69)70)55-42(66)31(19-26-10-12-27(57)13-11-26)53-43(67)32(20-35(47)58)51-38(62)24(4)49-41(65)30(17-23(3)56)52-44(68)33(21-36(48)59)54-40(64)29(14-15-37(60)61)50-39(63)28(46)18-25-8-6-5-7-9-25/h5-13,22-24,28-34,56-57H,14-21,46H2,1-4H3,(H2,47,58)(H2,48,59)(H,49,65)(H,50,63)(H,51,62)(H,52,68)(H,53,67)(H,54,64)(H,55,66)(H,60,61)(H,69,70)/t23-,24+,28+,29+,30+,31+,32+,33+,34+/m1/s1. The molecule has 70 heavy (non-hydrogen) atoms. The van der Waals surface area contributed by atoms with E-state index in [1.807, 2.05) is 0 Å². The van der Waals surface area contributed by atoms with Crippen LogP contribution in [-0.4, -0.2) is 140 Å². The lowest BCUT2D eigenvalue weighted by Crippen LogP contribution is -2.60. The van der Waals surface area contributed by atoms with Crippen molar-refractivity contribution in [2.45, 2.75) is 134 Å². The summed E-state index contributed by atoms with van der Waals surface area (Å²) in [6.45, 7) is 5.85. The summed E-state index contributed by atoms with van der Waals surface area (Å²) in [6, 6.07) is 1.57. The number of aliphatic hydroxyl groups excluding tert-OH is 1. The molecule has 9 atom stereocenters. The van der Waals surface area contributed by atoms with Crippen molar-refractivity contribution in [2.24, 2.45) is 23.1 Å². The molecular weight excluding hydrogens is 921 g/mol. The molecule has 384 valence electrons. The summed E-state index contributed by atoms with van der Waals surface area (Å²) >= 11 is 0. The molecule has 0 unspecified atom stereocenters. The smallest absolute Gasteiger partial charge is 0.326 e. The van der Waals surface area contributed by atoms with E-state index in [0.29, 0.717) is 11.1 Å². The monoisotopic (exact) mass is 984 g/mol. The van der Waals surface area contributed by atoms with E-state index in [2.05, 4.69) is 37.2 Å². The van der Waals surface area contributed by atoms with E-state index in [0.717, 1.165) is 6.92 Å². The molecule has 0 heterocycles. The van der Waals surface area contributed by atoms with E-state index in [4.69, 9.17) is 17.2 Å². The third-order valence-corrected chi connectivity index (χ3v) is 10.3. The lowest BCUT2D eigenvalue weighted by atomic mass is 10.0. The predicted octanol–water partition coefficient (Wildman–Crippen LogP) is -3.56. The molecule has 0 spiro atoms. The highest BCUT2D eigenvalue weighted by atomic mass is 16.4. The molecule has 9 amide bonds. The molecule has 0 fully saturated rings. The summed E-state index contributed by atoms with van der Waals surface area (Å²) < 4.78 is 0. The van der Waals surface area contributed by atoms with E-state index in [1.54, 1.807) is 44.2 Å². The van der Waals surface area contributed by atoms with Gasteiger partial charge in [-0.1, -0.05) is 56.3 Å². The van der Waals surface area contributed by atoms with E-state index in [1.165, 1.54) is 31.2 Å². The van der Waals surface area contributed by atoms with Gasteiger partial charge in [0.15, 0.2) is 0 Å². The maximum absolute atomic E-state index is 13.7. The summed E-state index contributed by atoms with van der Waals surface area (Å²) in [6.07, 6.45) is -4.79. The normalized spacial score (nSPS) is 14.8. The molecule has 0 bridgehead atoms. The first-order valence-corrected chi connectivity index (χ1v) is 22.1. The largest absolute Gasteiger partial charge is 0.508 e. The Morgan fingerprint density at radius 1 is 0.514 bits per heavy atom. The highest BCUT2D eigenvalue weighted by Crippen LogP contribution is 2.14. The zero-order chi connectivity index (χ0) is 52.8. The Bertz CT molecular complexity index is 2170. The Balaban J connectivity index is 2.29. The summed E-state index contributed by atoms with van der Waals surface area (Å²) in [7, 11) is 0. The first kappa shape index (κ1) is 58.5. The fourth-order valence-electron chi connectivity index (χ4n) is 6.71. The molecular formula is C45H64N10O15. The molecule has 0 radical (unpaired) electrons. The van der Waals surface area contributed by atoms with Gasteiger partial charge >= 0.3 is 11.9 Å². The van der Waals surface area contributed by atoms with Gasteiger partial charge in [0, 0.05) is 19.3 Å². The molecule has 0 aliphatic rings. The van der Waals surface area contributed by atoms with Crippen LogP contribution in [0.3, 0.4) is 0 Å². The van der Waals surface area contributed by atoms with Gasteiger partial charge in [-0.25, -0.2) is 4.79 Å². The van der Waals surface area contributed by atoms with Gasteiger partial charge in [0.2, 0.25) is 53.2 Å². The van der Waals surface area contributed by atoms with Crippen LogP contribution in [0.15, 0.2) is 54.6 Å². The Morgan fingerprint density at radius 2 is 0.957 bits per heavy atom. The second kappa shape index (κ2) is 28.6. The Labute approximate surface area is 402 Å². The third kappa shape index (κ3) is 21.5. The Morgan fingerprint density at radius 3 is 1.46 bits per heavy atom. The number of aromatic hydroxyl groups is 1. The number of phenols is 1. The van der Waals surface area contributed by atoms with Gasteiger partial charge in [0.1, 0.15) is 48.0 Å². The number of hydrogen-bond acceptors (Lipinski definition) is 14. The first-order chi connectivity index (χ1) is 32.7. The van der Waals surface area contributed by atoms with Crippen molar-refractivity contribution < 1.29 is 73.2 Å². The van der Waals surface area contributed by atoms with Crippen molar-refractivity contribution in [2.75, 3.05) is 0 Å². The molecule has 2 aromatic carbocycles. The quantitative estimate of drug-likeness (QED) is 0.0360. The minimum atomic E-state index is -1.84. The van der Waals surface area contributed by atoms with Gasteiger partial charge in [0.05, 0.1) is 25.0 Å². The van der Waals surface area contributed by atoms with Crippen LogP contribution in [0.4, 0.5) is 0 Å². The van der Waals surface area contributed by atoms with Crippen LogP contribution in [-0.2, 0) is 65.6 Å². The molecule has 2 aromatic rings. The van der Waals surface area contributed by atoms with Gasteiger partial charge in [-0.2, -0.15) is 0 Å². The summed E-state index contributed by atoms with van der Waals surface area (Å²) in [5.74, 6) is -12.6. The Kier molecular flexibility index (Phi) is 23.9. The van der Waals surface area contributed by atoms with Crippen molar-refractivity contribution in [1.29, 1.82) is 0 Å². The average molecular weight is 985 g/mol. The molecule has 0 aromatic heterocycles. The fraction of sp³-hybridized carbons (Fsp3) is 0.489. The molecule has 25 heteroatoms. The molecule has 2 rings (SSSR count). The maximum atomic E-state index is 13.7. The van der Waals surface area contributed by atoms with Gasteiger partial charge in [0.25, 0.3) is 0 Å². The molecule has 25 nitrogen and oxygen atoms in total. The average Bonchev–Trinajstić information content (AvgIpc) is 3.26. The summed E-state index contributed by atoms with van der Waals surface area (Å²) in [4.78, 5) is 142. The number of carboxylic acids is 2. The second-order valence-corrected chi connectivity index (χ2v) is 17.1. The van der Waals surface area contributed by atoms with Gasteiger partial charge in [-0.3, -0.25) is 47.9 Å². The van der Waals surface area contributed by atoms with Crippen LogP contribution >= 0.6 is 0 Å². The molecule has 0 saturated heterocycles. The first-order valence-electron chi connectivity index (χ1n) is 22.1. The van der Waals surface area contributed by atoms with E-state index < -0.39 is 152 Å². The lowest BCUT2D eigenvalue weighted by molar-refractivity contribution is -0.143. The number of benzene rings is 2. The summed E-state index contributed by atoms with van der Waals surface area (Å²) in [5.41, 5.74) is 17.9. The van der Waals surface area contributed by atoms with Gasteiger partial charge < -0.3 is 74.8 Å². The van der Waals surface area contributed by atoms with Crippen LogP contribution in [0.5, 0.6) is 5.75 Å².